The highest BCUT2D eigenvalue weighted by molar-refractivity contribution is 6.30. The Morgan fingerprint density at radius 2 is 2.36 bits per heavy atom. The summed E-state index contributed by atoms with van der Waals surface area (Å²) < 4.78 is 12.2. The number of nitrogens with zero attached hydrogens (tertiary/aromatic N) is 1. The molecule has 0 N–H and O–H groups in total. The van der Waals surface area contributed by atoms with Crippen molar-refractivity contribution in [2.45, 2.75) is 0 Å². The van der Waals surface area contributed by atoms with Gasteiger partial charge in [-0.2, -0.15) is 4.39 Å². The summed E-state index contributed by atoms with van der Waals surface area (Å²) in [6.45, 7) is 0. The third-order valence-corrected chi connectivity index (χ3v) is 1.41. The highest BCUT2D eigenvalue weighted by atomic mass is 35.5. The lowest BCUT2D eigenvalue weighted by Gasteiger charge is -1.93. The molecule has 0 radical (unpaired) electrons. The molecule has 1 aromatic rings. The number of hydrogen-bond donors (Lipinski definition) is 0. The molecular weight excluding hydrogens is 169 g/mol. The molecule has 1 aromatic heterocycles. The van der Waals surface area contributed by atoms with E-state index in [0.29, 0.717) is 5.56 Å². The fourth-order valence-electron chi connectivity index (χ4n) is 0.618. The molecule has 0 aliphatic carbocycles. The second kappa shape index (κ2) is 3.44. The first kappa shape index (κ1) is 8.14. The highest BCUT2D eigenvalue weighted by Gasteiger charge is 2.03. The molecule has 1 heterocycles. The van der Waals surface area contributed by atoms with Gasteiger partial charge in [-0.05, 0) is 12.1 Å². The number of pyridine rings is 1. The van der Waals surface area contributed by atoms with Gasteiger partial charge >= 0.3 is 0 Å². The van der Waals surface area contributed by atoms with E-state index >= 15 is 0 Å². The Bertz CT molecular complexity index is 260. The summed E-state index contributed by atoms with van der Waals surface area (Å²) >= 11 is 5.26. The van der Waals surface area contributed by atoms with Crippen LogP contribution in [-0.2, 0) is 0 Å². The van der Waals surface area contributed by atoms with Crippen LogP contribution in [-0.4, -0.2) is 16.6 Å². The molecule has 0 bridgehead atoms. The Morgan fingerprint density at radius 1 is 1.64 bits per heavy atom. The van der Waals surface area contributed by atoms with Crippen LogP contribution >= 0.6 is 11.6 Å². The zero-order chi connectivity index (χ0) is 8.27. The van der Waals surface area contributed by atoms with E-state index in [-0.39, 0.29) is 11.7 Å². The van der Waals surface area contributed by atoms with Gasteiger partial charge in [0.05, 0.1) is 5.88 Å². The summed E-state index contributed by atoms with van der Waals surface area (Å²) in [5, 5.41) is 0. The van der Waals surface area contributed by atoms with Crippen molar-refractivity contribution >= 4 is 17.4 Å². The number of Topliss-reactive ketones (excluding diaryl/α,β-unsaturated/α-hetero) is 1. The van der Waals surface area contributed by atoms with Crippen LogP contribution in [0.2, 0.25) is 0 Å². The maximum atomic E-state index is 12.2. The number of carbonyl (C=O) groups excluding carboxylic acids is 1. The van der Waals surface area contributed by atoms with Crippen LogP contribution in [0.25, 0.3) is 0 Å². The molecule has 11 heavy (non-hydrogen) atoms. The predicted octanol–water partition coefficient (Wildman–Crippen LogP) is 1.64. The van der Waals surface area contributed by atoms with E-state index < -0.39 is 5.95 Å². The van der Waals surface area contributed by atoms with Crippen LogP contribution in [0.15, 0.2) is 18.3 Å². The molecule has 0 aliphatic heterocycles. The topological polar surface area (TPSA) is 30.0 Å². The molecule has 1 rings (SSSR count). The molecule has 58 valence electrons. The van der Waals surface area contributed by atoms with E-state index in [0.717, 1.165) is 6.07 Å². The molecular formula is C7H5ClFNO. The second-order valence-electron chi connectivity index (χ2n) is 1.93. The molecule has 0 aliphatic rings. The average molecular weight is 174 g/mol. The van der Waals surface area contributed by atoms with Crippen LogP contribution < -0.4 is 0 Å². The standard InChI is InChI=1S/C7H5ClFNO/c8-3-6(11)5-1-2-7(9)10-4-5/h1-2,4H,3H2. The van der Waals surface area contributed by atoms with Crippen LogP contribution in [0.3, 0.4) is 0 Å². The Hall–Kier alpha value is -0.960. The molecule has 0 atom stereocenters. The van der Waals surface area contributed by atoms with Crippen molar-refractivity contribution in [1.29, 1.82) is 0 Å². The van der Waals surface area contributed by atoms with Crippen LogP contribution in [0.5, 0.6) is 0 Å². The third-order valence-electron chi connectivity index (χ3n) is 1.17. The van der Waals surface area contributed by atoms with E-state index in [9.17, 15) is 9.18 Å². The minimum Gasteiger partial charge on any atom is -0.293 e. The zero-order valence-electron chi connectivity index (χ0n) is 5.55. The first-order valence-corrected chi connectivity index (χ1v) is 3.48. The fraction of sp³-hybridized carbons (Fsp3) is 0.143. The van der Waals surface area contributed by atoms with Crippen LogP contribution in [0, 0.1) is 5.95 Å². The SMILES string of the molecule is O=C(CCl)c1ccc(F)nc1. The molecule has 0 amide bonds. The van der Waals surface area contributed by atoms with Gasteiger partial charge < -0.3 is 0 Å². The van der Waals surface area contributed by atoms with Crippen molar-refractivity contribution < 1.29 is 9.18 Å². The van der Waals surface area contributed by atoms with Gasteiger partial charge in [-0.1, -0.05) is 0 Å². The third kappa shape index (κ3) is 1.98. The van der Waals surface area contributed by atoms with Gasteiger partial charge in [-0.3, -0.25) is 4.79 Å². The summed E-state index contributed by atoms with van der Waals surface area (Å²) in [6.07, 6.45) is 1.17. The monoisotopic (exact) mass is 173 g/mol. The molecule has 0 aromatic carbocycles. The summed E-state index contributed by atoms with van der Waals surface area (Å²) in [7, 11) is 0. The Balaban J connectivity index is 2.90. The van der Waals surface area contributed by atoms with Gasteiger partial charge in [0.1, 0.15) is 0 Å². The van der Waals surface area contributed by atoms with E-state index in [2.05, 4.69) is 4.98 Å². The minimum absolute atomic E-state index is 0.104. The zero-order valence-corrected chi connectivity index (χ0v) is 6.31. The molecule has 0 saturated carbocycles. The smallest absolute Gasteiger partial charge is 0.212 e. The van der Waals surface area contributed by atoms with Gasteiger partial charge in [0.25, 0.3) is 0 Å². The normalized spacial score (nSPS) is 9.64. The highest BCUT2D eigenvalue weighted by Crippen LogP contribution is 2.00. The second-order valence-corrected chi connectivity index (χ2v) is 2.19. The van der Waals surface area contributed by atoms with Gasteiger partial charge in [0, 0.05) is 11.8 Å². The van der Waals surface area contributed by atoms with E-state index in [4.69, 9.17) is 11.6 Å². The Kier molecular flexibility index (Phi) is 2.54. The number of hydrogen-bond acceptors (Lipinski definition) is 2. The Morgan fingerprint density at radius 3 is 2.82 bits per heavy atom. The first-order chi connectivity index (χ1) is 5.24. The lowest BCUT2D eigenvalue weighted by Crippen LogP contribution is -2.00. The maximum Gasteiger partial charge on any atom is 0.212 e. The van der Waals surface area contributed by atoms with Gasteiger partial charge in [0.2, 0.25) is 5.95 Å². The van der Waals surface area contributed by atoms with E-state index in [1.54, 1.807) is 0 Å². The van der Waals surface area contributed by atoms with Crippen molar-refractivity contribution in [1.82, 2.24) is 4.98 Å². The van der Waals surface area contributed by atoms with Crippen molar-refractivity contribution in [2.75, 3.05) is 5.88 Å². The van der Waals surface area contributed by atoms with E-state index in [1.165, 1.54) is 12.3 Å². The number of carbonyl (C=O) groups is 1. The summed E-state index contributed by atoms with van der Waals surface area (Å²) in [5.41, 5.74) is 0.335. The fourth-order valence-corrected chi connectivity index (χ4v) is 0.772. The number of ketones is 1. The van der Waals surface area contributed by atoms with Gasteiger partial charge in [-0.25, -0.2) is 4.98 Å². The summed E-state index contributed by atoms with van der Waals surface area (Å²) in [4.78, 5) is 14.1. The van der Waals surface area contributed by atoms with Crippen molar-refractivity contribution in [3.8, 4) is 0 Å². The van der Waals surface area contributed by atoms with Crippen molar-refractivity contribution in [2.24, 2.45) is 0 Å². The molecule has 0 fully saturated rings. The largest absolute Gasteiger partial charge is 0.293 e. The average Bonchev–Trinajstić information content (AvgIpc) is 2.05. The minimum atomic E-state index is -0.601. The number of halogens is 2. The van der Waals surface area contributed by atoms with Crippen LogP contribution in [0.1, 0.15) is 10.4 Å². The molecule has 0 saturated heterocycles. The van der Waals surface area contributed by atoms with Crippen molar-refractivity contribution in [3.63, 3.8) is 0 Å². The first-order valence-electron chi connectivity index (χ1n) is 2.95. The van der Waals surface area contributed by atoms with Crippen molar-refractivity contribution in [3.05, 3.63) is 29.8 Å². The number of aromatic nitrogens is 1. The van der Waals surface area contributed by atoms with E-state index in [1.807, 2.05) is 0 Å². The lowest BCUT2D eigenvalue weighted by molar-refractivity contribution is 0.102. The molecule has 0 unspecified atom stereocenters. The number of alkyl halides is 1. The molecule has 4 heteroatoms. The van der Waals surface area contributed by atoms with Gasteiger partial charge in [0.15, 0.2) is 5.78 Å². The molecule has 2 nitrogen and oxygen atoms in total. The summed E-state index contributed by atoms with van der Waals surface area (Å²) in [6, 6.07) is 2.48. The van der Waals surface area contributed by atoms with Crippen LogP contribution in [0.4, 0.5) is 4.39 Å². The quantitative estimate of drug-likeness (QED) is 0.387. The molecule has 0 spiro atoms. The maximum absolute atomic E-state index is 12.2. The summed E-state index contributed by atoms with van der Waals surface area (Å²) in [5.74, 6) is -0.955. The Labute approximate surface area is 68.0 Å². The lowest BCUT2D eigenvalue weighted by atomic mass is 10.2. The number of rotatable bonds is 2. The van der Waals surface area contributed by atoms with Gasteiger partial charge in [-0.15, -0.1) is 11.6 Å². The predicted molar refractivity (Wildman–Crippen MR) is 39.2 cm³/mol.